The number of hydrogen-bond donors (Lipinski definition) is 1. The van der Waals surface area contributed by atoms with E-state index in [1.807, 2.05) is 6.92 Å². The number of nitrogens with zero attached hydrogens (tertiary/aromatic N) is 1. The second-order valence-electron chi connectivity index (χ2n) is 6.27. The van der Waals surface area contributed by atoms with Crippen LogP contribution in [-0.4, -0.2) is 56.4 Å². The van der Waals surface area contributed by atoms with Crippen LogP contribution in [0.5, 0.6) is 0 Å². The molecule has 5 nitrogen and oxygen atoms in total. The zero-order valence-electron chi connectivity index (χ0n) is 13.5. The molecule has 0 radical (unpaired) electrons. The van der Waals surface area contributed by atoms with Crippen LogP contribution in [0.4, 0.5) is 0 Å². The lowest BCUT2D eigenvalue weighted by Gasteiger charge is -2.27. The molecule has 126 valence electrons. The Labute approximate surface area is 134 Å². The molecule has 1 unspecified atom stereocenters. The van der Waals surface area contributed by atoms with Crippen LogP contribution in [0, 0.1) is 0 Å². The van der Waals surface area contributed by atoms with Gasteiger partial charge in [-0.15, -0.1) is 0 Å². The van der Waals surface area contributed by atoms with Crippen LogP contribution in [0.2, 0.25) is 0 Å². The Kier molecular flexibility index (Phi) is 6.44. The Morgan fingerprint density at radius 3 is 2.82 bits per heavy atom. The van der Waals surface area contributed by atoms with Crippen molar-refractivity contribution in [3.8, 4) is 0 Å². The largest absolute Gasteiger partial charge is 0.338 e. The molecule has 1 aliphatic heterocycles. The van der Waals surface area contributed by atoms with E-state index in [4.69, 9.17) is 0 Å². The monoisotopic (exact) mass is 328 g/mol. The third-order valence-corrected chi connectivity index (χ3v) is 6.34. The first-order valence-corrected chi connectivity index (χ1v) is 10.2. The third-order valence-electron chi connectivity index (χ3n) is 4.59. The molecule has 1 saturated heterocycles. The molecule has 1 atom stereocenters. The second kappa shape index (κ2) is 8.11. The van der Waals surface area contributed by atoms with Gasteiger partial charge in [0, 0.05) is 12.6 Å². The highest BCUT2D eigenvalue weighted by atomic mass is 32.2. The smallest absolute Gasteiger partial charge is 0.236 e. The first-order valence-electron chi connectivity index (χ1n) is 8.40. The maximum Gasteiger partial charge on any atom is 0.236 e. The molecule has 2 rings (SSSR count). The maximum atomic E-state index is 12.3. The van der Waals surface area contributed by atoms with Crippen molar-refractivity contribution in [2.45, 2.75) is 51.5 Å². The van der Waals surface area contributed by atoms with Crippen LogP contribution in [0.15, 0.2) is 11.6 Å². The van der Waals surface area contributed by atoms with Crippen molar-refractivity contribution in [3.63, 3.8) is 0 Å². The summed E-state index contributed by atoms with van der Waals surface area (Å²) >= 11 is 0. The summed E-state index contributed by atoms with van der Waals surface area (Å²) in [5.41, 5.74) is 1.50. The lowest BCUT2D eigenvalue weighted by atomic mass is 9.97. The van der Waals surface area contributed by atoms with Gasteiger partial charge in [-0.3, -0.25) is 4.79 Å². The predicted molar refractivity (Wildman–Crippen MR) is 88.5 cm³/mol. The van der Waals surface area contributed by atoms with E-state index in [-0.39, 0.29) is 23.5 Å². The van der Waals surface area contributed by atoms with Crippen molar-refractivity contribution in [1.29, 1.82) is 0 Å². The molecule has 0 aromatic rings. The Hall–Kier alpha value is -0.880. The first-order chi connectivity index (χ1) is 10.5. The number of likely N-dealkylation sites (N-methyl/N-ethyl adjacent to an activating group) is 1. The number of allylic oxidation sites excluding steroid dienone is 1. The average molecular weight is 328 g/mol. The van der Waals surface area contributed by atoms with Crippen molar-refractivity contribution >= 4 is 15.7 Å². The number of nitrogens with one attached hydrogen (secondary N) is 1. The van der Waals surface area contributed by atoms with Gasteiger partial charge in [0.05, 0.1) is 18.1 Å². The summed E-state index contributed by atoms with van der Waals surface area (Å²) in [5, 5.41) is 3.21. The Balaban J connectivity index is 1.72. The van der Waals surface area contributed by atoms with E-state index in [1.54, 1.807) is 4.90 Å². The maximum absolute atomic E-state index is 12.3. The van der Waals surface area contributed by atoms with Crippen LogP contribution in [0.1, 0.15) is 45.4 Å². The summed E-state index contributed by atoms with van der Waals surface area (Å²) in [6.45, 7) is 3.61. The molecule has 1 fully saturated rings. The molecule has 0 aromatic heterocycles. The average Bonchev–Trinajstić information content (AvgIpc) is 2.85. The molecule has 2 aliphatic rings. The molecule has 0 saturated carbocycles. The lowest BCUT2D eigenvalue weighted by Crippen LogP contribution is -2.45. The molecule has 0 aromatic carbocycles. The number of sulfone groups is 1. The van der Waals surface area contributed by atoms with Crippen LogP contribution in [-0.2, 0) is 14.6 Å². The normalized spacial score (nSPS) is 24.0. The Morgan fingerprint density at radius 2 is 2.23 bits per heavy atom. The van der Waals surface area contributed by atoms with Crippen LogP contribution >= 0.6 is 0 Å². The summed E-state index contributed by atoms with van der Waals surface area (Å²) in [4.78, 5) is 14.0. The fourth-order valence-corrected chi connectivity index (χ4v) is 5.07. The molecule has 1 N–H and O–H groups in total. The second-order valence-corrected chi connectivity index (χ2v) is 8.50. The molecular formula is C16H28N2O3S. The minimum atomic E-state index is -2.95. The molecule has 6 heteroatoms. The minimum Gasteiger partial charge on any atom is -0.338 e. The molecule has 0 bridgehead atoms. The Bertz CT molecular complexity index is 513. The van der Waals surface area contributed by atoms with Crippen molar-refractivity contribution in [2.24, 2.45) is 0 Å². The highest BCUT2D eigenvalue weighted by molar-refractivity contribution is 7.91. The fourth-order valence-electron chi connectivity index (χ4n) is 3.34. The number of hydrogen-bond acceptors (Lipinski definition) is 4. The van der Waals surface area contributed by atoms with Crippen molar-refractivity contribution < 1.29 is 13.2 Å². The summed E-state index contributed by atoms with van der Waals surface area (Å²) in [6, 6.07) is -0.134. The van der Waals surface area contributed by atoms with E-state index < -0.39 is 9.84 Å². The number of carbonyl (C=O) groups excluding carboxylic acids is 1. The van der Waals surface area contributed by atoms with Gasteiger partial charge < -0.3 is 10.2 Å². The summed E-state index contributed by atoms with van der Waals surface area (Å²) in [6.07, 6.45) is 8.88. The van der Waals surface area contributed by atoms with Crippen molar-refractivity contribution in [1.82, 2.24) is 10.2 Å². The van der Waals surface area contributed by atoms with Crippen LogP contribution in [0.25, 0.3) is 0 Å². The first kappa shape index (κ1) is 17.5. The summed E-state index contributed by atoms with van der Waals surface area (Å²) in [5.74, 6) is 0.352. The number of amides is 1. The Morgan fingerprint density at radius 1 is 1.41 bits per heavy atom. The summed E-state index contributed by atoms with van der Waals surface area (Å²) < 4.78 is 23.1. The van der Waals surface area contributed by atoms with Gasteiger partial charge in [-0.05, 0) is 52.0 Å². The van der Waals surface area contributed by atoms with Gasteiger partial charge >= 0.3 is 0 Å². The molecule has 0 spiro atoms. The van der Waals surface area contributed by atoms with Gasteiger partial charge in [-0.2, -0.15) is 0 Å². The van der Waals surface area contributed by atoms with Crippen molar-refractivity contribution in [2.75, 3.05) is 31.1 Å². The topological polar surface area (TPSA) is 66.5 Å². The van der Waals surface area contributed by atoms with E-state index in [2.05, 4.69) is 11.4 Å². The SMILES string of the molecule is CCN(C(=O)CNCCC1=CCCCC1)C1CCS(=O)(=O)C1. The van der Waals surface area contributed by atoms with E-state index in [9.17, 15) is 13.2 Å². The van der Waals surface area contributed by atoms with Crippen LogP contribution < -0.4 is 5.32 Å². The lowest BCUT2D eigenvalue weighted by molar-refractivity contribution is -0.131. The van der Waals surface area contributed by atoms with Gasteiger partial charge in [-0.25, -0.2) is 8.42 Å². The van der Waals surface area contributed by atoms with E-state index in [0.717, 1.165) is 13.0 Å². The number of rotatable bonds is 7. The molecule has 22 heavy (non-hydrogen) atoms. The zero-order chi connectivity index (χ0) is 16.0. The third kappa shape index (κ3) is 5.09. The predicted octanol–water partition coefficient (Wildman–Crippen LogP) is 1.50. The molecular weight excluding hydrogens is 300 g/mol. The fraction of sp³-hybridized carbons (Fsp3) is 0.812. The molecule has 1 amide bonds. The van der Waals surface area contributed by atoms with Gasteiger partial charge in [0.1, 0.15) is 0 Å². The van der Waals surface area contributed by atoms with Gasteiger partial charge in [0.2, 0.25) is 5.91 Å². The van der Waals surface area contributed by atoms with Crippen LogP contribution in [0.3, 0.4) is 0 Å². The zero-order valence-corrected chi connectivity index (χ0v) is 14.3. The van der Waals surface area contributed by atoms with E-state index >= 15 is 0 Å². The quantitative estimate of drug-likeness (QED) is 0.568. The molecule has 1 aliphatic carbocycles. The van der Waals surface area contributed by atoms with Gasteiger partial charge in [0.15, 0.2) is 9.84 Å². The standard InChI is InChI=1S/C16H28N2O3S/c1-2-18(15-9-11-22(20,21)13-15)16(19)12-17-10-8-14-6-4-3-5-7-14/h6,15,17H,2-5,7-13H2,1H3. The van der Waals surface area contributed by atoms with E-state index in [0.29, 0.717) is 19.5 Å². The minimum absolute atomic E-state index is 0.0159. The van der Waals surface area contributed by atoms with Gasteiger partial charge in [0.25, 0.3) is 0 Å². The highest BCUT2D eigenvalue weighted by Gasteiger charge is 2.33. The number of carbonyl (C=O) groups is 1. The summed E-state index contributed by atoms with van der Waals surface area (Å²) in [7, 11) is -2.95. The highest BCUT2D eigenvalue weighted by Crippen LogP contribution is 2.19. The van der Waals surface area contributed by atoms with Crippen molar-refractivity contribution in [3.05, 3.63) is 11.6 Å². The molecule has 1 heterocycles. The van der Waals surface area contributed by atoms with E-state index in [1.165, 1.54) is 31.3 Å². The van der Waals surface area contributed by atoms with Gasteiger partial charge in [-0.1, -0.05) is 11.6 Å².